The van der Waals surface area contributed by atoms with Crippen molar-refractivity contribution in [1.82, 2.24) is 0 Å². The molecule has 0 aromatic rings. The number of ether oxygens (including phenoxy) is 1. The van der Waals surface area contributed by atoms with Crippen LogP contribution >= 0.6 is 0 Å². The van der Waals surface area contributed by atoms with E-state index in [0.29, 0.717) is 5.76 Å². The maximum Gasteiger partial charge on any atom is 3.00 e. The Kier molecular flexibility index (Phi) is 23.3. The number of carbonyl (C=O) groups is 3. The molecule has 0 saturated heterocycles. The molecular formula is C16H23O6Ru. The van der Waals surface area contributed by atoms with Gasteiger partial charge in [-0.2, -0.15) is 7.11 Å². The Morgan fingerprint density at radius 1 is 0.739 bits per heavy atom. The molecule has 0 aliphatic rings. The minimum atomic E-state index is -0.187. The molecule has 0 aromatic heterocycles. The van der Waals surface area contributed by atoms with Gasteiger partial charge in [0.25, 0.3) is 0 Å². The van der Waals surface area contributed by atoms with Crippen molar-refractivity contribution in [3.63, 3.8) is 0 Å². The van der Waals surface area contributed by atoms with Crippen LogP contribution in [-0.2, 0) is 38.6 Å². The summed E-state index contributed by atoms with van der Waals surface area (Å²) in [5.41, 5.74) is 0. The zero-order valence-electron chi connectivity index (χ0n) is 14.2. The van der Waals surface area contributed by atoms with E-state index in [1.165, 1.54) is 40.7 Å². The first kappa shape index (κ1) is 29.3. The van der Waals surface area contributed by atoms with E-state index in [2.05, 4.69) is 11.8 Å². The predicted molar refractivity (Wildman–Crippen MR) is 79.8 cm³/mol. The van der Waals surface area contributed by atoms with Crippen molar-refractivity contribution in [2.75, 3.05) is 0 Å². The molecule has 0 saturated carbocycles. The van der Waals surface area contributed by atoms with Gasteiger partial charge >= 0.3 is 19.5 Å². The first-order valence-corrected chi connectivity index (χ1v) is 6.25. The van der Waals surface area contributed by atoms with Gasteiger partial charge in [-0.25, -0.2) is 0 Å². The maximum atomic E-state index is 10.2. The SMILES string of the molecule is CC(=O)/C=C(/C)[O-].CC(=O)/C=C(/C)[O-].[CH2-]O/C(C)=C\C(C)=O.[Ru+3]. The summed E-state index contributed by atoms with van der Waals surface area (Å²) in [6.07, 6.45) is 3.49. The summed E-state index contributed by atoms with van der Waals surface area (Å²) in [7, 11) is 3.12. The summed E-state index contributed by atoms with van der Waals surface area (Å²) in [6, 6.07) is 0. The van der Waals surface area contributed by atoms with Crippen LogP contribution < -0.4 is 10.2 Å². The van der Waals surface area contributed by atoms with Crippen LogP contribution in [0, 0.1) is 7.11 Å². The van der Waals surface area contributed by atoms with E-state index >= 15 is 0 Å². The molecule has 7 heteroatoms. The van der Waals surface area contributed by atoms with Gasteiger partial charge < -0.3 is 14.9 Å². The van der Waals surface area contributed by atoms with E-state index < -0.39 is 0 Å². The van der Waals surface area contributed by atoms with E-state index in [-0.39, 0.29) is 48.3 Å². The summed E-state index contributed by atoms with van der Waals surface area (Å²) in [5.74, 6) is -0.233. The molecule has 1 radical (unpaired) electrons. The van der Waals surface area contributed by atoms with E-state index in [0.717, 1.165) is 12.2 Å². The van der Waals surface area contributed by atoms with E-state index in [1.54, 1.807) is 6.92 Å². The molecular weight excluding hydrogens is 389 g/mol. The molecule has 0 N–H and O–H groups in total. The fraction of sp³-hybridized carbons (Fsp3) is 0.375. The molecule has 0 spiro atoms. The van der Waals surface area contributed by atoms with Gasteiger partial charge in [0.1, 0.15) is 0 Å². The number of hydrogen-bond acceptors (Lipinski definition) is 6. The minimum Gasteiger partial charge on any atom is -0.876 e. The van der Waals surface area contributed by atoms with E-state index in [1.807, 2.05) is 0 Å². The maximum absolute atomic E-state index is 10.2. The molecule has 23 heavy (non-hydrogen) atoms. The van der Waals surface area contributed by atoms with E-state index in [4.69, 9.17) is 0 Å². The molecule has 0 bridgehead atoms. The average Bonchev–Trinajstić information content (AvgIpc) is 2.25. The van der Waals surface area contributed by atoms with Crippen LogP contribution in [0.2, 0.25) is 0 Å². The van der Waals surface area contributed by atoms with E-state index in [9.17, 15) is 24.6 Å². The molecule has 0 aromatic carbocycles. The summed E-state index contributed by atoms with van der Waals surface area (Å²) < 4.78 is 4.45. The Labute approximate surface area is 150 Å². The molecule has 131 valence electrons. The Hall–Kier alpha value is -1.75. The van der Waals surface area contributed by atoms with Gasteiger partial charge in [-0.1, -0.05) is 13.8 Å². The largest absolute Gasteiger partial charge is 3.00 e. The monoisotopic (exact) mass is 413 g/mol. The van der Waals surface area contributed by atoms with Crippen molar-refractivity contribution < 1.29 is 48.8 Å². The first-order chi connectivity index (χ1) is 9.92. The zero-order valence-corrected chi connectivity index (χ0v) is 16.0. The topological polar surface area (TPSA) is 107 Å². The van der Waals surface area contributed by atoms with Crippen LogP contribution in [0.15, 0.2) is 35.5 Å². The van der Waals surface area contributed by atoms with Crippen molar-refractivity contribution in [2.24, 2.45) is 0 Å². The Bertz CT molecular complexity index is 425. The van der Waals surface area contributed by atoms with Crippen molar-refractivity contribution in [3.8, 4) is 0 Å². The van der Waals surface area contributed by atoms with Gasteiger partial charge in [0.15, 0.2) is 17.3 Å². The Morgan fingerprint density at radius 3 is 1.04 bits per heavy atom. The normalized spacial score (nSPS) is 10.8. The summed E-state index contributed by atoms with van der Waals surface area (Å²) in [5, 5.41) is 20.0. The van der Waals surface area contributed by atoms with Crippen molar-refractivity contribution in [2.45, 2.75) is 41.5 Å². The van der Waals surface area contributed by atoms with Crippen LogP contribution in [0.1, 0.15) is 41.5 Å². The van der Waals surface area contributed by atoms with Crippen molar-refractivity contribution in [1.29, 1.82) is 0 Å². The van der Waals surface area contributed by atoms with Gasteiger partial charge in [-0.15, -0.1) is 11.5 Å². The van der Waals surface area contributed by atoms with Gasteiger partial charge in [0.05, 0.1) is 5.76 Å². The second-order valence-corrected chi connectivity index (χ2v) is 4.24. The standard InChI is InChI=1S/C6H9O2.2C5H8O2.Ru/c1-5(7)4-6(2)8-3;2*1-4(6)3-5(2)7;/h4H,3H2,1-2H3;2*3,6H,1-2H3;/q-1;;;+3/p-2/b6-4-;2*4-3-;. The second-order valence-electron chi connectivity index (χ2n) is 4.24. The first-order valence-electron chi connectivity index (χ1n) is 6.25. The second kappa shape index (κ2) is 18.3. The third-order valence-electron chi connectivity index (χ3n) is 1.45. The summed E-state index contributed by atoms with van der Waals surface area (Å²) >= 11 is 0. The number of rotatable bonds is 4. The van der Waals surface area contributed by atoms with Crippen LogP contribution in [0.5, 0.6) is 0 Å². The third kappa shape index (κ3) is 44.9. The van der Waals surface area contributed by atoms with Gasteiger partial charge in [0, 0.05) is 6.08 Å². The van der Waals surface area contributed by atoms with Crippen LogP contribution in [0.25, 0.3) is 0 Å². The fourth-order valence-corrected chi connectivity index (χ4v) is 0.900. The molecule has 0 unspecified atom stereocenters. The number of hydrogen-bond donors (Lipinski definition) is 0. The molecule has 0 rings (SSSR count). The number of carbonyl (C=O) groups excluding carboxylic acids is 3. The van der Waals surface area contributed by atoms with Crippen molar-refractivity contribution >= 4 is 17.3 Å². The Morgan fingerprint density at radius 2 is 1.00 bits per heavy atom. The van der Waals surface area contributed by atoms with Gasteiger partial charge in [-0.3, -0.25) is 14.4 Å². The van der Waals surface area contributed by atoms with Crippen LogP contribution in [0.4, 0.5) is 0 Å². The Balaban J connectivity index is -0.000000116. The summed E-state index contributed by atoms with van der Waals surface area (Å²) in [6.45, 7) is 8.53. The predicted octanol–water partition coefficient (Wildman–Crippen LogP) is 0.964. The molecule has 0 aliphatic carbocycles. The molecule has 6 nitrogen and oxygen atoms in total. The average molecular weight is 412 g/mol. The quantitative estimate of drug-likeness (QED) is 0.295. The molecule has 0 atom stereocenters. The fourth-order valence-electron chi connectivity index (χ4n) is 0.900. The third-order valence-corrected chi connectivity index (χ3v) is 1.45. The molecule has 0 amide bonds. The minimum absolute atomic E-state index is 0. The molecule has 0 fully saturated rings. The summed E-state index contributed by atoms with van der Waals surface area (Å²) in [4.78, 5) is 30.2. The molecule has 0 aliphatic heterocycles. The van der Waals surface area contributed by atoms with Crippen molar-refractivity contribution in [3.05, 3.63) is 42.6 Å². The van der Waals surface area contributed by atoms with Crippen LogP contribution in [-0.4, -0.2) is 17.3 Å². The van der Waals surface area contributed by atoms with Crippen LogP contribution in [0.3, 0.4) is 0 Å². The smallest absolute Gasteiger partial charge is 0.876 e. The number of ketones is 3. The number of allylic oxidation sites excluding steroid dienone is 6. The van der Waals surface area contributed by atoms with Gasteiger partial charge in [0.2, 0.25) is 0 Å². The van der Waals surface area contributed by atoms with Gasteiger partial charge in [-0.05, 0) is 39.8 Å². The molecule has 0 heterocycles. The zero-order chi connectivity index (χ0) is 18.3.